The molecule has 1 aromatic carbocycles. The molecule has 2 atom stereocenters. The van der Waals surface area contributed by atoms with E-state index in [0.717, 1.165) is 0 Å². The molecule has 0 aliphatic carbocycles. The number of unbranched alkanes of at least 4 members (excludes halogenated alkanes) is 1. The molecule has 10 nitrogen and oxygen atoms in total. The Morgan fingerprint density at radius 1 is 1.07 bits per heavy atom. The molecule has 1 fully saturated rings. The molecular formula is C23H27F6N3O7S. The van der Waals surface area contributed by atoms with Gasteiger partial charge in [0.2, 0.25) is 10.0 Å². The highest BCUT2D eigenvalue weighted by molar-refractivity contribution is 7.89. The van der Waals surface area contributed by atoms with E-state index in [4.69, 9.17) is 9.47 Å². The molecule has 224 valence electrons. The number of carbonyl (C=O) groups excluding carboxylic acids is 3. The lowest BCUT2D eigenvalue weighted by Gasteiger charge is -2.19. The highest BCUT2D eigenvalue weighted by Gasteiger charge is 2.39. The van der Waals surface area contributed by atoms with Crippen LogP contribution in [0.2, 0.25) is 0 Å². The van der Waals surface area contributed by atoms with Crippen LogP contribution in [0.1, 0.15) is 43.2 Å². The van der Waals surface area contributed by atoms with Crippen LogP contribution in [-0.2, 0) is 41.4 Å². The summed E-state index contributed by atoms with van der Waals surface area (Å²) in [6.07, 6.45) is -9.37. The van der Waals surface area contributed by atoms with Crippen LogP contribution in [0.15, 0.2) is 35.7 Å². The Balaban J connectivity index is 2.24. The molecule has 0 unspecified atom stereocenters. The van der Waals surface area contributed by atoms with E-state index in [2.05, 4.69) is 17.2 Å². The van der Waals surface area contributed by atoms with Gasteiger partial charge in [0.25, 0.3) is 0 Å². The minimum Gasteiger partial charge on any atom is -0.445 e. The van der Waals surface area contributed by atoms with Crippen LogP contribution in [-0.4, -0.2) is 58.2 Å². The summed E-state index contributed by atoms with van der Waals surface area (Å²) in [4.78, 5) is 35.0. The van der Waals surface area contributed by atoms with Crippen molar-refractivity contribution in [2.75, 3.05) is 19.7 Å². The predicted octanol–water partition coefficient (Wildman–Crippen LogP) is 3.28. The fourth-order valence-corrected chi connectivity index (χ4v) is 4.83. The smallest absolute Gasteiger partial charge is 0.416 e. The topological polar surface area (TPSA) is 140 Å². The van der Waals surface area contributed by atoms with Gasteiger partial charge in [-0.1, -0.05) is 12.7 Å². The van der Waals surface area contributed by atoms with E-state index < -0.39 is 68.5 Å². The van der Waals surface area contributed by atoms with Crippen molar-refractivity contribution in [2.45, 2.75) is 61.4 Å². The molecule has 1 aliphatic rings. The van der Waals surface area contributed by atoms with E-state index in [1.54, 1.807) is 4.72 Å². The first-order valence-electron chi connectivity index (χ1n) is 11.9. The second-order valence-corrected chi connectivity index (χ2v) is 10.3. The number of sulfonamides is 1. The SMILES string of the molecule is C=CCOC(=O)NCCCC[C@H](NS(=O)(=O)c1cc(C(F)(F)F)cc(C(F)(F)F)c1)C(=O)OC(=O)[C@@H]1CCCN1. The van der Waals surface area contributed by atoms with E-state index >= 15 is 0 Å². The first-order valence-corrected chi connectivity index (χ1v) is 13.3. The zero-order valence-corrected chi connectivity index (χ0v) is 21.7. The number of alkyl halides is 6. The van der Waals surface area contributed by atoms with Crippen molar-refractivity contribution in [3.63, 3.8) is 0 Å². The Kier molecular flexibility index (Phi) is 11.5. The maximum atomic E-state index is 13.2. The maximum Gasteiger partial charge on any atom is 0.416 e. The Labute approximate surface area is 225 Å². The number of nitrogens with one attached hydrogen (secondary N) is 3. The van der Waals surface area contributed by atoms with E-state index in [1.165, 1.54) is 6.08 Å². The summed E-state index contributed by atoms with van der Waals surface area (Å²) >= 11 is 0. The number of hydrogen-bond donors (Lipinski definition) is 3. The fourth-order valence-electron chi connectivity index (χ4n) is 3.54. The summed E-state index contributed by atoms with van der Waals surface area (Å²) in [5.74, 6) is -2.42. The third-order valence-corrected chi connectivity index (χ3v) is 6.97. The summed E-state index contributed by atoms with van der Waals surface area (Å²) in [6.45, 7) is 3.78. The standard InChI is InChI=1S/C23H27F6N3O7S/c1-2-10-38-21(35)31-8-4-3-6-18(20(34)39-19(33)17-7-5-9-30-17)32-40(36,37)16-12-14(22(24,25)26)11-15(13-16)23(27,28)29/h2,11-13,17-18,30,32H,1,3-10H2,(H,31,35)/t17-,18-/m0/s1. The summed E-state index contributed by atoms with van der Waals surface area (Å²) in [5.41, 5.74) is -3.75. The van der Waals surface area contributed by atoms with Crippen LogP contribution >= 0.6 is 0 Å². The van der Waals surface area contributed by atoms with Crippen LogP contribution < -0.4 is 15.4 Å². The predicted molar refractivity (Wildman–Crippen MR) is 126 cm³/mol. The van der Waals surface area contributed by atoms with Gasteiger partial charge in [0, 0.05) is 6.54 Å². The lowest BCUT2D eigenvalue weighted by molar-refractivity contribution is -0.162. The minimum atomic E-state index is -5.32. The first kappa shape index (κ1) is 33.0. The number of hydrogen-bond acceptors (Lipinski definition) is 8. The Hall–Kier alpha value is -3.18. The van der Waals surface area contributed by atoms with Crippen molar-refractivity contribution in [3.8, 4) is 0 Å². The zero-order chi connectivity index (χ0) is 30.1. The average Bonchev–Trinajstić information content (AvgIpc) is 3.40. The average molecular weight is 604 g/mol. The number of ether oxygens (including phenoxy) is 2. The number of esters is 2. The molecule has 1 heterocycles. The van der Waals surface area contributed by atoms with Crippen LogP contribution in [0, 0.1) is 0 Å². The lowest BCUT2D eigenvalue weighted by Crippen LogP contribution is -2.44. The van der Waals surface area contributed by atoms with Crippen molar-refractivity contribution in [3.05, 3.63) is 42.0 Å². The monoisotopic (exact) mass is 603 g/mol. The summed E-state index contributed by atoms with van der Waals surface area (Å²) in [7, 11) is -5.17. The summed E-state index contributed by atoms with van der Waals surface area (Å²) in [6, 6.07) is -2.96. The molecule has 1 aromatic rings. The van der Waals surface area contributed by atoms with Gasteiger partial charge in [0.15, 0.2) is 0 Å². The number of halogens is 6. The maximum absolute atomic E-state index is 13.2. The van der Waals surface area contributed by atoms with E-state index in [9.17, 15) is 49.1 Å². The number of alkyl carbamates (subject to hydrolysis) is 1. The molecular weight excluding hydrogens is 576 g/mol. The molecule has 0 aromatic heterocycles. The van der Waals surface area contributed by atoms with Crippen LogP contribution in [0.3, 0.4) is 0 Å². The molecule has 1 amide bonds. The van der Waals surface area contributed by atoms with Gasteiger partial charge in [-0.15, -0.1) is 0 Å². The molecule has 3 N–H and O–H groups in total. The summed E-state index contributed by atoms with van der Waals surface area (Å²) in [5, 5.41) is 5.13. The Morgan fingerprint density at radius 3 is 2.23 bits per heavy atom. The van der Waals surface area contributed by atoms with Crippen molar-refractivity contribution in [2.24, 2.45) is 0 Å². The normalized spacial score (nSPS) is 16.7. The van der Waals surface area contributed by atoms with Crippen LogP contribution in [0.4, 0.5) is 31.1 Å². The van der Waals surface area contributed by atoms with Crippen molar-refractivity contribution >= 4 is 28.1 Å². The van der Waals surface area contributed by atoms with Gasteiger partial charge < -0.3 is 20.1 Å². The first-order chi connectivity index (χ1) is 18.5. The largest absolute Gasteiger partial charge is 0.445 e. The van der Waals surface area contributed by atoms with E-state index in [0.29, 0.717) is 19.4 Å². The second kappa shape index (κ2) is 13.9. The molecule has 0 saturated carbocycles. The third-order valence-electron chi connectivity index (χ3n) is 5.52. The van der Waals surface area contributed by atoms with Crippen LogP contribution in [0.25, 0.3) is 0 Å². The number of carbonyl (C=O) groups is 3. The molecule has 1 saturated heterocycles. The van der Waals surface area contributed by atoms with E-state index in [1.807, 2.05) is 0 Å². The van der Waals surface area contributed by atoms with Crippen LogP contribution in [0.5, 0.6) is 0 Å². The number of amides is 1. The molecule has 0 bridgehead atoms. The van der Waals surface area contributed by atoms with Gasteiger partial charge in [0.05, 0.1) is 16.0 Å². The quantitative estimate of drug-likeness (QED) is 0.109. The van der Waals surface area contributed by atoms with Gasteiger partial charge in [-0.25, -0.2) is 22.8 Å². The second-order valence-electron chi connectivity index (χ2n) is 8.61. The minimum absolute atomic E-state index is 0.00759. The van der Waals surface area contributed by atoms with Gasteiger partial charge in [-0.05, 0) is 56.8 Å². The highest BCUT2D eigenvalue weighted by Crippen LogP contribution is 2.37. The number of benzene rings is 1. The van der Waals surface area contributed by atoms with Gasteiger partial charge in [-0.2, -0.15) is 31.1 Å². The van der Waals surface area contributed by atoms with Crippen molar-refractivity contribution in [1.82, 2.24) is 15.4 Å². The van der Waals surface area contributed by atoms with Crippen molar-refractivity contribution in [1.29, 1.82) is 0 Å². The molecule has 0 spiro atoms. The molecule has 17 heteroatoms. The molecule has 2 rings (SSSR count). The number of rotatable bonds is 12. The molecule has 1 aliphatic heterocycles. The fraction of sp³-hybridized carbons (Fsp3) is 0.522. The third kappa shape index (κ3) is 10.1. The van der Waals surface area contributed by atoms with E-state index in [-0.39, 0.29) is 50.6 Å². The molecule has 40 heavy (non-hydrogen) atoms. The van der Waals surface area contributed by atoms with Gasteiger partial charge >= 0.3 is 30.4 Å². The van der Waals surface area contributed by atoms with Crippen molar-refractivity contribution < 1.29 is 58.6 Å². The Morgan fingerprint density at radius 2 is 1.70 bits per heavy atom. The Bertz CT molecular complexity index is 1150. The lowest BCUT2D eigenvalue weighted by atomic mass is 10.1. The van der Waals surface area contributed by atoms with Gasteiger partial charge in [-0.3, -0.25) is 0 Å². The zero-order valence-electron chi connectivity index (χ0n) is 20.9. The summed E-state index contributed by atoms with van der Waals surface area (Å²) < 4.78 is 116. The highest BCUT2D eigenvalue weighted by atomic mass is 32.2. The molecule has 0 radical (unpaired) electrons. The van der Waals surface area contributed by atoms with Gasteiger partial charge in [0.1, 0.15) is 18.7 Å².